The SMILES string of the molecule is Cc1oc(-c2cccs2)nc1C(=O)Nc1cc(C(C)(C)C)nn1-c1ncccn1. The number of aromatic nitrogens is 5. The number of nitrogens with zero attached hydrogens (tertiary/aromatic N) is 5. The molecule has 0 saturated heterocycles. The fourth-order valence-corrected chi connectivity index (χ4v) is 3.33. The van der Waals surface area contributed by atoms with Gasteiger partial charge in [-0.25, -0.2) is 15.0 Å². The number of anilines is 1. The van der Waals surface area contributed by atoms with Crippen LogP contribution in [0.25, 0.3) is 16.7 Å². The van der Waals surface area contributed by atoms with Gasteiger partial charge in [0.25, 0.3) is 11.9 Å². The lowest BCUT2D eigenvalue weighted by Crippen LogP contribution is -2.17. The summed E-state index contributed by atoms with van der Waals surface area (Å²) in [6.45, 7) is 7.86. The van der Waals surface area contributed by atoms with Crippen molar-refractivity contribution in [3.05, 3.63) is 59.2 Å². The van der Waals surface area contributed by atoms with E-state index in [1.54, 1.807) is 25.4 Å². The predicted molar refractivity (Wildman–Crippen MR) is 110 cm³/mol. The molecule has 4 heterocycles. The Labute approximate surface area is 171 Å². The monoisotopic (exact) mass is 408 g/mol. The molecule has 0 aliphatic rings. The number of hydrogen-bond donors (Lipinski definition) is 1. The van der Waals surface area contributed by atoms with Crippen LogP contribution in [0.4, 0.5) is 5.82 Å². The van der Waals surface area contributed by atoms with Crippen molar-refractivity contribution in [1.82, 2.24) is 24.7 Å². The molecule has 29 heavy (non-hydrogen) atoms. The molecule has 0 unspecified atom stereocenters. The van der Waals surface area contributed by atoms with E-state index in [2.05, 4.69) is 25.4 Å². The number of thiophene rings is 1. The Balaban J connectivity index is 1.69. The highest BCUT2D eigenvalue weighted by atomic mass is 32.1. The molecule has 0 atom stereocenters. The van der Waals surface area contributed by atoms with Crippen LogP contribution in [0.15, 0.2) is 46.5 Å². The van der Waals surface area contributed by atoms with E-state index in [4.69, 9.17) is 4.42 Å². The van der Waals surface area contributed by atoms with Gasteiger partial charge in [-0.15, -0.1) is 11.3 Å². The van der Waals surface area contributed by atoms with E-state index < -0.39 is 0 Å². The molecular weight excluding hydrogens is 388 g/mol. The highest BCUT2D eigenvalue weighted by Crippen LogP contribution is 2.28. The largest absolute Gasteiger partial charge is 0.440 e. The maximum absolute atomic E-state index is 12.9. The summed E-state index contributed by atoms with van der Waals surface area (Å²) in [5.74, 6) is 1.33. The zero-order chi connectivity index (χ0) is 20.6. The number of nitrogens with one attached hydrogen (secondary N) is 1. The molecule has 4 aromatic rings. The summed E-state index contributed by atoms with van der Waals surface area (Å²) in [5.41, 5.74) is 0.819. The van der Waals surface area contributed by atoms with Crippen molar-refractivity contribution in [3.63, 3.8) is 0 Å². The number of aryl methyl sites for hydroxylation is 1. The first-order valence-electron chi connectivity index (χ1n) is 9.03. The topological polar surface area (TPSA) is 98.7 Å². The molecule has 148 valence electrons. The number of oxazole rings is 1. The summed E-state index contributed by atoms with van der Waals surface area (Å²) in [6.07, 6.45) is 3.25. The van der Waals surface area contributed by atoms with Gasteiger partial charge in [-0.05, 0) is 24.4 Å². The van der Waals surface area contributed by atoms with Crippen molar-refractivity contribution in [3.8, 4) is 16.7 Å². The van der Waals surface area contributed by atoms with E-state index >= 15 is 0 Å². The maximum atomic E-state index is 12.9. The molecule has 0 fully saturated rings. The summed E-state index contributed by atoms with van der Waals surface area (Å²) in [4.78, 5) is 26.7. The Morgan fingerprint density at radius 3 is 2.62 bits per heavy atom. The van der Waals surface area contributed by atoms with Crippen LogP contribution in [0.1, 0.15) is 42.7 Å². The number of carbonyl (C=O) groups is 1. The Bertz CT molecular complexity index is 1140. The highest BCUT2D eigenvalue weighted by Gasteiger charge is 2.24. The molecule has 8 nitrogen and oxygen atoms in total. The van der Waals surface area contributed by atoms with Gasteiger partial charge >= 0.3 is 0 Å². The fourth-order valence-electron chi connectivity index (χ4n) is 2.68. The minimum absolute atomic E-state index is 0.213. The molecule has 4 aromatic heterocycles. The molecule has 1 amide bonds. The summed E-state index contributed by atoms with van der Waals surface area (Å²) in [5, 5.41) is 9.41. The number of carbonyl (C=O) groups excluding carboxylic acids is 1. The van der Waals surface area contributed by atoms with E-state index in [9.17, 15) is 4.79 Å². The van der Waals surface area contributed by atoms with Crippen LogP contribution in [0, 0.1) is 6.92 Å². The van der Waals surface area contributed by atoms with Crippen LogP contribution in [0.5, 0.6) is 0 Å². The van der Waals surface area contributed by atoms with Gasteiger partial charge in [0.05, 0.1) is 10.6 Å². The number of amides is 1. The average Bonchev–Trinajstić information content (AvgIpc) is 3.41. The molecule has 0 spiro atoms. The standard InChI is InChI=1S/C20H20N6O2S/c1-12-16(24-18(28-12)13-7-5-10-29-13)17(27)23-15-11-14(20(2,3)4)25-26(15)19-21-8-6-9-22-19/h5-11H,1-4H3,(H,23,27). The van der Waals surface area contributed by atoms with E-state index in [1.165, 1.54) is 16.0 Å². The number of rotatable bonds is 4. The summed E-state index contributed by atoms with van der Waals surface area (Å²) in [6, 6.07) is 7.35. The Morgan fingerprint density at radius 2 is 1.97 bits per heavy atom. The molecule has 0 aliphatic carbocycles. The zero-order valence-corrected chi connectivity index (χ0v) is 17.3. The van der Waals surface area contributed by atoms with Crippen molar-refractivity contribution < 1.29 is 9.21 Å². The fraction of sp³-hybridized carbons (Fsp3) is 0.250. The second-order valence-corrected chi connectivity index (χ2v) is 8.43. The van der Waals surface area contributed by atoms with Gasteiger partial charge in [0.15, 0.2) is 5.69 Å². The summed E-state index contributed by atoms with van der Waals surface area (Å²) >= 11 is 1.50. The van der Waals surface area contributed by atoms with Crippen molar-refractivity contribution in [2.45, 2.75) is 33.1 Å². The quantitative estimate of drug-likeness (QED) is 0.542. The maximum Gasteiger partial charge on any atom is 0.279 e. The van der Waals surface area contributed by atoms with Crippen LogP contribution in [-0.4, -0.2) is 30.6 Å². The molecule has 4 rings (SSSR count). The summed E-state index contributed by atoms with van der Waals surface area (Å²) in [7, 11) is 0. The molecular formula is C20H20N6O2S. The molecule has 0 bridgehead atoms. The molecule has 0 radical (unpaired) electrons. The second kappa shape index (κ2) is 7.25. The Hall–Kier alpha value is -3.33. The predicted octanol–water partition coefficient (Wildman–Crippen LogP) is 4.24. The van der Waals surface area contributed by atoms with Crippen molar-refractivity contribution >= 4 is 23.1 Å². The first-order valence-corrected chi connectivity index (χ1v) is 9.91. The molecule has 0 aromatic carbocycles. The minimum Gasteiger partial charge on any atom is -0.440 e. The lowest BCUT2D eigenvalue weighted by Gasteiger charge is -2.13. The van der Waals surface area contributed by atoms with E-state index in [0.717, 1.165) is 10.6 Å². The van der Waals surface area contributed by atoms with Gasteiger partial charge in [-0.3, -0.25) is 4.79 Å². The van der Waals surface area contributed by atoms with Crippen LogP contribution in [0.2, 0.25) is 0 Å². The zero-order valence-electron chi connectivity index (χ0n) is 16.5. The van der Waals surface area contributed by atoms with E-state index in [-0.39, 0.29) is 17.0 Å². The van der Waals surface area contributed by atoms with Crippen LogP contribution in [0.3, 0.4) is 0 Å². The third-order valence-electron chi connectivity index (χ3n) is 4.20. The van der Waals surface area contributed by atoms with Gasteiger partial charge in [0.1, 0.15) is 11.6 Å². The van der Waals surface area contributed by atoms with Gasteiger partial charge in [0, 0.05) is 23.9 Å². The molecule has 1 N–H and O–H groups in total. The van der Waals surface area contributed by atoms with Crippen molar-refractivity contribution in [2.24, 2.45) is 0 Å². The average molecular weight is 408 g/mol. The first kappa shape index (κ1) is 19.0. The van der Waals surface area contributed by atoms with Crippen LogP contribution >= 0.6 is 11.3 Å². The van der Waals surface area contributed by atoms with Crippen LogP contribution in [-0.2, 0) is 5.41 Å². The van der Waals surface area contributed by atoms with Gasteiger partial charge in [0.2, 0.25) is 5.89 Å². The third kappa shape index (κ3) is 3.81. The van der Waals surface area contributed by atoms with E-state index in [1.807, 2.05) is 44.4 Å². The smallest absolute Gasteiger partial charge is 0.279 e. The van der Waals surface area contributed by atoms with E-state index in [0.29, 0.717) is 23.4 Å². The molecule has 0 saturated carbocycles. The number of hydrogen-bond acceptors (Lipinski definition) is 7. The van der Waals surface area contributed by atoms with Gasteiger partial charge in [-0.1, -0.05) is 26.8 Å². The Kier molecular flexibility index (Phi) is 4.75. The Morgan fingerprint density at radius 1 is 1.21 bits per heavy atom. The van der Waals surface area contributed by atoms with Crippen LogP contribution < -0.4 is 5.32 Å². The molecule has 9 heteroatoms. The normalized spacial score (nSPS) is 11.6. The third-order valence-corrected chi connectivity index (χ3v) is 5.06. The lowest BCUT2D eigenvalue weighted by molar-refractivity contribution is 0.102. The van der Waals surface area contributed by atoms with Gasteiger partial charge < -0.3 is 9.73 Å². The minimum atomic E-state index is -0.383. The van der Waals surface area contributed by atoms with Crippen molar-refractivity contribution in [2.75, 3.05) is 5.32 Å². The van der Waals surface area contributed by atoms with Crippen molar-refractivity contribution in [1.29, 1.82) is 0 Å². The summed E-state index contributed by atoms with van der Waals surface area (Å²) < 4.78 is 7.21. The lowest BCUT2D eigenvalue weighted by atomic mass is 9.92. The van der Waals surface area contributed by atoms with Gasteiger partial charge in [-0.2, -0.15) is 9.78 Å². The first-order chi connectivity index (χ1) is 13.8. The molecule has 0 aliphatic heterocycles. The second-order valence-electron chi connectivity index (χ2n) is 7.48. The highest BCUT2D eigenvalue weighted by molar-refractivity contribution is 7.13.